The highest BCUT2D eigenvalue weighted by molar-refractivity contribution is 6.00. The summed E-state index contributed by atoms with van der Waals surface area (Å²) in [7, 11) is 1.56. The minimum atomic E-state index is -4.41. The molecular weight excluding hydrogens is 423 g/mol. The Bertz CT molecular complexity index is 1020. The van der Waals surface area contributed by atoms with Crippen LogP contribution in [0.1, 0.15) is 22.8 Å². The molecule has 32 heavy (non-hydrogen) atoms. The zero-order valence-electron chi connectivity index (χ0n) is 17.7. The van der Waals surface area contributed by atoms with E-state index in [1.54, 1.807) is 49.2 Å². The number of aromatic nitrogens is 2. The highest BCUT2D eigenvalue weighted by atomic mass is 19.4. The average Bonchev–Trinajstić information content (AvgIpc) is 3.17. The molecule has 0 saturated carbocycles. The SMILES string of the molecule is COc1ccc(-c2nn(Cc3ccccc3)cc2C(=O)N[C@H](C)COCC(F)(F)F)cc1. The summed E-state index contributed by atoms with van der Waals surface area (Å²) in [5, 5.41) is 7.27. The van der Waals surface area contributed by atoms with E-state index in [2.05, 4.69) is 15.2 Å². The van der Waals surface area contributed by atoms with Gasteiger partial charge in [-0.05, 0) is 36.8 Å². The van der Waals surface area contributed by atoms with Crippen LogP contribution in [0.5, 0.6) is 5.75 Å². The van der Waals surface area contributed by atoms with Crippen molar-refractivity contribution in [1.29, 1.82) is 0 Å². The number of nitrogens with zero attached hydrogens (tertiary/aromatic N) is 2. The summed E-state index contributed by atoms with van der Waals surface area (Å²) >= 11 is 0. The number of carbonyl (C=O) groups is 1. The van der Waals surface area contributed by atoms with Gasteiger partial charge in [0.2, 0.25) is 0 Å². The van der Waals surface area contributed by atoms with Gasteiger partial charge in [-0.25, -0.2) is 0 Å². The molecule has 0 bridgehead atoms. The second-order valence-electron chi connectivity index (χ2n) is 7.31. The number of nitrogens with one attached hydrogen (secondary N) is 1. The first-order chi connectivity index (χ1) is 15.2. The number of carbonyl (C=O) groups excluding carboxylic acids is 1. The van der Waals surface area contributed by atoms with Gasteiger partial charge in [0.1, 0.15) is 18.1 Å². The summed E-state index contributed by atoms with van der Waals surface area (Å²) in [6, 6.07) is 16.1. The third kappa shape index (κ3) is 6.58. The van der Waals surface area contributed by atoms with Gasteiger partial charge in [-0.2, -0.15) is 18.3 Å². The quantitative estimate of drug-likeness (QED) is 0.531. The second kappa shape index (κ2) is 10.3. The Morgan fingerprint density at radius 1 is 1.12 bits per heavy atom. The number of hydrogen-bond donors (Lipinski definition) is 1. The van der Waals surface area contributed by atoms with Gasteiger partial charge in [-0.1, -0.05) is 30.3 Å². The summed E-state index contributed by atoms with van der Waals surface area (Å²) in [5.41, 5.74) is 2.50. The van der Waals surface area contributed by atoms with Crippen LogP contribution in [0.3, 0.4) is 0 Å². The third-order valence-corrected chi connectivity index (χ3v) is 4.57. The number of hydrogen-bond acceptors (Lipinski definition) is 4. The van der Waals surface area contributed by atoms with Crippen LogP contribution in [0.4, 0.5) is 13.2 Å². The van der Waals surface area contributed by atoms with Crippen molar-refractivity contribution >= 4 is 5.91 Å². The maximum absolute atomic E-state index is 12.9. The fourth-order valence-corrected chi connectivity index (χ4v) is 3.10. The molecule has 3 rings (SSSR count). The molecule has 0 radical (unpaired) electrons. The number of halogens is 3. The lowest BCUT2D eigenvalue weighted by Gasteiger charge is -2.15. The van der Waals surface area contributed by atoms with Crippen molar-refractivity contribution < 1.29 is 27.4 Å². The lowest BCUT2D eigenvalue weighted by atomic mass is 10.1. The van der Waals surface area contributed by atoms with Crippen LogP contribution in [0.15, 0.2) is 60.8 Å². The number of benzene rings is 2. The molecule has 1 atom stereocenters. The van der Waals surface area contributed by atoms with Crippen LogP contribution in [0.25, 0.3) is 11.3 Å². The summed E-state index contributed by atoms with van der Waals surface area (Å²) < 4.78 is 48.3. The van der Waals surface area contributed by atoms with Crippen molar-refractivity contribution in [2.75, 3.05) is 20.3 Å². The molecule has 0 aliphatic heterocycles. The summed E-state index contributed by atoms with van der Waals surface area (Å²) in [5.74, 6) is 0.220. The number of methoxy groups -OCH3 is 1. The first kappa shape index (κ1) is 23.3. The Morgan fingerprint density at radius 2 is 1.81 bits per heavy atom. The largest absolute Gasteiger partial charge is 0.497 e. The van der Waals surface area contributed by atoms with Crippen molar-refractivity contribution in [3.63, 3.8) is 0 Å². The molecule has 0 fully saturated rings. The second-order valence-corrected chi connectivity index (χ2v) is 7.31. The maximum atomic E-state index is 12.9. The van der Waals surface area contributed by atoms with E-state index in [0.717, 1.165) is 5.56 Å². The van der Waals surface area contributed by atoms with Crippen LogP contribution < -0.4 is 10.1 Å². The molecule has 1 heterocycles. The molecule has 0 aliphatic carbocycles. The molecule has 0 saturated heterocycles. The van der Waals surface area contributed by atoms with E-state index in [0.29, 0.717) is 29.1 Å². The molecule has 170 valence electrons. The van der Waals surface area contributed by atoms with Crippen LogP contribution in [0.2, 0.25) is 0 Å². The number of ether oxygens (including phenoxy) is 2. The first-order valence-electron chi connectivity index (χ1n) is 9.96. The van der Waals surface area contributed by atoms with E-state index in [9.17, 15) is 18.0 Å². The lowest BCUT2D eigenvalue weighted by molar-refractivity contribution is -0.174. The van der Waals surface area contributed by atoms with E-state index in [-0.39, 0.29) is 6.61 Å². The van der Waals surface area contributed by atoms with Gasteiger partial charge in [0.05, 0.1) is 25.8 Å². The molecule has 1 N–H and O–H groups in total. The van der Waals surface area contributed by atoms with Crippen molar-refractivity contribution in [2.24, 2.45) is 0 Å². The highest BCUT2D eigenvalue weighted by Crippen LogP contribution is 2.25. The molecule has 1 amide bonds. The van der Waals surface area contributed by atoms with E-state index < -0.39 is 24.7 Å². The molecule has 0 unspecified atom stereocenters. The van der Waals surface area contributed by atoms with Gasteiger partial charge in [-0.3, -0.25) is 9.48 Å². The Balaban J connectivity index is 1.80. The van der Waals surface area contributed by atoms with Crippen molar-refractivity contribution in [3.05, 3.63) is 71.9 Å². The fraction of sp³-hybridized carbons (Fsp3) is 0.304. The molecule has 0 spiro atoms. The van der Waals surface area contributed by atoms with Crippen molar-refractivity contribution in [1.82, 2.24) is 15.1 Å². The van der Waals surface area contributed by atoms with E-state index in [4.69, 9.17) is 4.74 Å². The van der Waals surface area contributed by atoms with Gasteiger partial charge < -0.3 is 14.8 Å². The highest BCUT2D eigenvalue weighted by Gasteiger charge is 2.28. The van der Waals surface area contributed by atoms with E-state index in [1.165, 1.54) is 0 Å². The first-order valence-corrected chi connectivity index (χ1v) is 9.96. The zero-order chi connectivity index (χ0) is 23.1. The lowest BCUT2D eigenvalue weighted by Crippen LogP contribution is -2.37. The van der Waals surface area contributed by atoms with Gasteiger partial charge >= 0.3 is 6.18 Å². The predicted molar refractivity (Wildman–Crippen MR) is 114 cm³/mol. The molecule has 3 aromatic rings. The van der Waals surface area contributed by atoms with E-state index >= 15 is 0 Å². The molecule has 1 aromatic heterocycles. The van der Waals surface area contributed by atoms with Crippen LogP contribution in [0, 0.1) is 0 Å². The normalized spacial score (nSPS) is 12.4. The molecule has 6 nitrogen and oxygen atoms in total. The van der Waals surface area contributed by atoms with Crippen LogP contribution in [-0.4, -0.2) is 48.2 Å². The van der Waals surface area contributed by atoms with Gasteiger partial charge in [-0.15, -0.1) is 0 Å². The summed E-state index contributed by atoms with van der Waals surface area (Å²) in [6.45, 7) is 0.415. The smallest absolute Gasteiger partial charge is 0.411 e. The summed E-state index contributed by atoms with van der Waals surface area (Å²) in [4.78, 5) is 12.9. The van der Waals surface area contributed by atoms with Gasteiger partial charge in [0, 0.05) is 17.8 Å². The molecule has 2 aromatic carbocycles. The van der Waals surface area contributed by atoms with Crippen molar-refractivity contribution in [2.45, 2.75) is 25.7 Å². The van der Waals surface area contributed by atoms with Crippen molar-refractivity contribution in [3.8, 4) is 17.0 Å². The maximum Gasteiger partial charge on any atom is 0.411 e. The monoisotopic (exact) mass is 447 g/mol. The molecule has 9 heteroatoms. The molecular formula is C23H24F3N3O3. The third-order valence-electron chi connectivity index (χ3n) is 4.57. The fourth-order valence-electron chi connectivity index (χ4n) is 3.10. The van der Waals surface area contributed by atoms with E-state index in [1.807, 2.05) is 30.3 Å². The molecule has 0 aliphatic rings. The minimum absolute atomic E-state index is 0.263. The standard InChI is InChI=1S/C23H24F3N3O3/c1-16(14-32-15-23(24,25)26)27-22(30)20-13-29(12-17-6-4-3-5-7-17)28-21(20)18-8-10-19(31-2)11-9-18/h3-11,13,16H,12,14-15H2,1-2H3,(H,27,30)/t16-/m1/s1. The number of rotatable bonds is 9. The summed E-state index contributed by atoms with van der Waals surface area (Å²) in [6.07, 6.45) is -2.78. The predicted octanol–water partition coefficient (Wildman–Crippen LogP) is 4.30. The Kier molecular flexibility index (Phi) is 7.53. The van der Waals surface area contributed by atoms with Crippen LogP contribution >= 0.6 is 0 Å². The van der Waals surface area contributed by atoms with Gasteiger partial charge in [0.25, 0.3) is 5.91 Å². The minimum Gasteiger partial charge on any atom is -0.497 e. The Morgan fingerprint density at radius 3 is 2.44 bits per heavy atom. The topological polar surface area (TPSA) is 65.4 Å². The average molecular weight is 447 g/mol. The Labute approximate surface area is 184 Å². The van der Waals surface area contributed by atoms with Gasteiger partial charge in [0.15, 0.2) is 0 Å². The number of alkyl halides is 3. The zero-order valence-corrected chi connectivity index (χ0v) is 17.7. The van der Waals surface area contributed by atoms with Crippen LogP contribution in [-0.2, 0) is 11.3 Å². The Hall–Kier alpha value is -3.33. The number of amides is 1.